The van der Waals surface area contributed by atoms with Crippen molar-refractivity contribution in [3.63, 3.8) is 0 Å². The average Bonchev–Trinajstić information content (AvgIpc) is 2.40. The molecule has 0 spiro atoms. The first-order valence-electron chi connectivity index (χ1n) is 7.99. The van der Waals surface area contributed by atoms with Crippen molar-refractivity contribution in [3.05, 3.63) is 0 Å². The zero-order chi connectivity index (χ0) is 13.9. The fraction of sp³-hybridized carbons (Fsp3) is 1.00. The maximum Gasteiger partial charge on any atom is 0.173 e. The molecule has 112 valence electrons. The summed E-state index contributed by atoms with van der Waals surface area (Å²) in [5, 5.41) is 0. The maximum absolute atomic E-state index is 6.59. The van der Waals surface area contributed by atoms with Crippen LogP contribution in [0.5, 0.6) is 0 Å². The van der Waals surface area contributed by atoms with E-state index in [0.717, 1.165) is 38.9 Å². The Hall–Kier alpha value is -0.120. The molecule has 0 aliphatic carbocycles. The monoisotopic (exact) mass is 270 g/mol. The Morgan fingerprint density at radius 2 is 1.16 bits per heavy atom. The Labute approximate surface area is 118 Å². The van der Waals surface area contributed by atoms with Crippen molar-refractivity contribution in [1.82, 2.24) is 0 Å². The number of rotatable bonds is 4. The number of hydrogen-bond donors (Lipinski definition) is 0. The summed E-state index contributed by atoms with van der Waals surface area (Å²) in [5.41, 5.74) is 0. The molecular weight excluding hydrogens is 240 g/mol. The van der Waals surface area contributed by atoms with Crippen molar-refractivity contribution in [3.8, 4) is 0 Å². The van der Waals surface area contributed by atoms with Gasteiger partial charge in [0.25, 0.3) is 0 Å². The molecule has 2 heterocycles. The van der Waals surface area contributed by atoms with Gasteiger partial charge in [0.1, 0.15) is 0 Å². The Kier molecular flexibility index (Phi) is 4.91. The van der Waals surface area contributed by atoms with Crippen LogP contribution in [-0.2, 0) is 14.2 Å². The Bertz CT molecular complexity index is 246. The van der Waals surface area contributed by atoms with Crippen LogP contribution in [0, 0.1) is 11.8 Å². The smallest absolute Gasteiger partial charge is 0.173 e. The standard InChI is InChI=1S/C16H30O3/c1-13(2)15(9-5-7-11-17-15)19-16(14(3)4)10-6-8-12-18-16/h13-14H,5-12H2,1-4H3. The van der Waals surface area contributed by atoms with E-state index in [-0.39, 0.29) is 0 Å². The van der Waals surface area contributed by atoms with Crippen LogP contribution in [0.4, 0.5) is 0 Å². The summed E-state index contributed by atoms with van der Waals surface area (Å²) >= 11 is 0. The summed E-state index contributed by atoms with van der Waals surface area (Å²) in [5.74, 6) is -0.178. The second-order valence-corrected chi connectivity index (χ2v) is 6.65. The van der Waals surface area contributed by atoms with Gasteiger partial charge in [-0.25, -0.2) is 0 Å². The summed E-state index contributed by atoms with van der Waals surface area (Å²) in [6, 6.07) is 0. The lowest BCUT2D eigenvalue weighted by Gasteiger charge is -2.50. The number of ether oxygens (including phenoxy) is 3. The Morgan fingerprint density at radius 1 is 0.737 bits per heavy atom. The van der Waals surface area contributed by atoms with Gasteiger partial charge in [-0.15, -0.1) is 0 Å². The first-order valence-corrected chi connectivity index (χ1v) is 7.99. The van der Waals surface area contributed by atoms with Crippen LogP contribution in [0.25, 0.3) is 0 Å². The van der Waals surface area contributed by atoms with Gasteiger partial charge < -0.3 is 14.2 Å². The van der Waals surface area contributed by atoms with Crippen LogP contribution >= 0.6 is 0 Å². The van der Waals surface area contributed by atoms with Crippen molar-refractivity contribution < 1.29 is 14.2 Å². The second kappa shape index (κ2) is 6.11. The van der Waals surface area contributed by atoms with E-state index < -0.39 is 11.6 Å². The van der Waals surface area contributed by atoms with E-state index in [1.54, 1.807) is 0 Å². The lowest BCUT2D eigenvalue weighted by molar-refractivity contribution is -0.401. The highest BCUT2D eigenvalue weighted by atomic mass is 16.8. The van der Waals surface area contributed by atoms with E-state index in [1.165, 1.54) is 12.8 Å². The lowest BCUT2D eigenvalue weighted by atomic mass is 9.90. The van der Waals surface area contributed by atoms with Crippen LogP contribution in [0.15, 0.2) is 0 Å². The molecule has 0 N–H and O–H groups in total. The molecule has 3 nitrogen and oxygen atoms in total. The van der Waals surface area contributed by atoms with Crippen molar-refractivity contribution in [1.29, 1.82) is 0 Å². The third kappa shape index (κ3) is 3.14. The fourth-order valence-electron chi connectivity index (χ4n) is 3.18. The Balaban J connectivity index is 2.17. The summed E-state index contributed by atoms with van der Waals surface area (Å²) in [4.78, 5) is 0. The zero-order valence-corrected chi connectivity index (χ0v) is 13.0. The second-order valence-electron chi connectivity index (χ2n) is 6.65. The summed E-state index contributed by atoms with van der Waals surface area (Å²) in [7, 11) is 0. The average molecular weight is 270 g/mol. The van der Waals surface area contributed by atoms with Crippen LogP contribution in [0.2, 0.25) is 0 Å². The van der Waals surface area contributed by atoms with E-state index in [1.807, 2.05) is 0 Å². The minimum atomic E-state index is -0.445. The van der Waals surface area contributed by atoms with Crippen LogP contribution in [0.1, 0.15) is 66.2 Å². The van der Waals surface area contributed by atoms with Gasteiger partial charge in [-0.2, -0.15) is 0 Å². The molecule has 2 fully saturated rings. The van der Waals surface area contributed by atoms with Crippen LogP contribution in [0.3, 0.4) is 0 Å². The molecule has 0 radical (unpaired) electrons. The van der Waals surface area contributed by atoms with E-state index in [0.29, 0.717) is 11.8 Å². The van der Waals surface area contributed by atoms with Crippen molar-refractivity contribution >= 4 is 0 Å². The molecule has 19 heavy (non-hydrogen) atoms. The minimum Gasteiger partial charge on any atom is -0.350 e. The first-order chi connectivity index (χ1) is 9.01. The predicted molar refractivity (Wildman–Crippen MR) is 75.8 cm³/mol. The lowest BCUT2D eigenvalue weighted by Crippen LogP contribution is -2.55. The summed E-state index contributed by atoms with van der Waals surface area (Å²) < 4.78 is 18.8. The molecule has 2 aliphatic rings. The molecule has 0 saturated carbocycles. The summed E-state index contributed by atoms with van der Waals surface area (Å²) in [6.45, 7) is 10.4. The highest BCUT2D eigenvalue weighted by Gasteiger charge is 2.48. The molecule has 0 aromatic heterocycles. The highest BCUT2D eigenvalue weighted by molar-refractivity contribution is 4.85. The van der Waals surface area contributed by atoms with E-state index in [4.69, 9.17) is 14.2 Å². The highest BCUT2D eigenvalue weighted by Crippen LogP contribution is 2.43. The number of hydrogen-bond acceptors (Lipinski definition) is 3. The summed E-state index contributed by atoms with van der Waals surface area (Å²) in [6.07, 6.45) is 6.64. The van der Waals surface area contributed by atoms with Gasteiger partial charge in [-0.3, -0.25) is 0 Å². The minimum absolute atomic E-state index is 0.356. The van der Waals surface area contributed by atoms with Crippen LogP contribution in [-0.4, -0.2) is 24.8 Å². The topological polar surface area (TPSA) is 27.7 Å². The van der Waals surface area contributed by atoms with Crippen molar-refractivity contribution in [2.24, 2.45) is 11.8 Å². The van der Waals surface area contributed by atoms with Crippen LogP contribution < -0.4 is 0 Å². The molecule has 2 rings (SSSR count). The van der Waals surface area contributed by atoms with Crippen molar-refractivity contribution in [2.45, 2.75) is 77.8 Å². The molecule has 3 heteroatoms. The fourth-order valence-corrected chi connectivity index (χ4v) is 3.18. The van der Waals surface area contributed by atoms with Gasteiger partial charge in [-0.05, 0) is 25.7 Å². The normalized spacial score (nSPS) is 36.9. The molecular formula is C16H30O3. The van der Waals surface area contributed by atoms with Gasteiger partial charge in [0.15, 0.2) is 11.6 Å². The van der Waals surface area contributed by atoms with Gasteiger partial charge >= 0.3 is 0 Å². The third-order valence-electron chi connectivity index (χ3n) is 4.64. The molecule has 2 saturated heterocycles. The molecule has 0 amide bonds. The molecule has 2 aliphatic heterocycles. The molecule has 0 bridgehead atoms. The maximum atomic E-state index is 6.59. The molecule has 2 atom stereocenters. The van der Waals surface area contributed by atoms with E-state index in [9.17, 15) is 0 Å². The van der Waals surface area contributed by atoms with E-state index >= 15 is 0 Å². The third-order valence-corrected chi connectivity index (χ3v) is 4.64. The zero-order valence-electron chi connectivity index (χ0n) is 13.0. The predicted octanol–water partition coefficient (Wildman–Crippen LogP) is 4.11. The molecule has 0 aromatic carbocycles. The van der Waals surface area contributed by atoms with E-state index in [2.05, 4.69) is 27.7 Å². The quantitative estimate of drug-likeness (QED) is 0.769. The van der Waals surface area contributed by atoms with Gasteiger partial charge in [-0.1, -0.05) is 27.7 Å². The van der Waals surface area contributed by atoms with Gasteiger partial charge in [0, 0.05) is 24.7 Å². The molecule has 2 unspecified atom stereocenters. The van der Waals surface area contributed by atoms with Gasteiger partial charge in [0.05, 0.1) is 13.2 Å². The van der Waals surface area contributed by atoms with Crippen molar-refractivity contribution in [2.75, 3.05) is 13.2 Å². The Morgan fingerprint density at radius 3 is 1.42 bits per heavy atom. The first kappa shape index (κ1) is 15.3. The molecule has 0 aromatic rings. The SMILES string of the molecule is CC(C)C1(OC2(C(C)C)CCCCO2)CCCCO1. The van der Waals surface area contributed by atoms with Gasteiger partial charge in [0.2, 0.25) is 0 Å². The largest absolute Gasteiger partial charge is 0.350 e.